The molecule has 0 saturated carbocycles. The number of nitrogens with zero attached hydrogens (tertiary/aromatic N) is 3. The van der Waals surface area contributed by atoms with Crippen molar-refractivity contribution in [1.29, 1.82) is 0 Å². The Morgan fingerprint density at radius 2 is 1.85 bits per heavy atom. The Morgan fingerprint density at radius 3 is 2.59 bits per heavy atom. The SMILES string of the molecule is Cc1cc(=O)n(-c2ccc(OCF)cc2)cc1-c1ccc2cn(C)nc2c1. The summed E-state index contributed by atoms with van der Waals surface area (Å²) in [7, 11) is 1.89. The molecule has 2 aromatic heterocycles. The van der Waals surface area contributed by atoms with Crippen molar-refractivity contribution in [1.82, 2.24) is 14.3 Å². The second kappa shape index (κ2) is 6.72. The lowest BCUT2D eigenvalue weighted by Crippen LogP contribution is -2.17. The molecule has 0 saturated heterocycles. The molecule has 4 aromatic rings. The largest absolute Gasteiger partial charge is 0.463 e. The lowest BCUT2D eigenvalue weighted by atomic mass is 10.0. The first kappa shape index (κ1) is 17.0. The Hall–Kier alpha value is -3.41. The van der Waals surface area contributed by atoms with Crippen LogP contribution in [0.15, 0.2) is 65.7 Å². The fourth-order valence-electron chi connectivity index (χ4n) is 3.20. The molecule has 0 aliphatic rings. The van der Waals surface area contributed by atoms with Gasteiger partial charge >= 0.3 is 0 Å². The summed E-state index contributed by atoms with van der Waals surface area (Å²) < 4.78 is 20.5. The maximum Gasteiger partial charge on any atom is 0.255 e. The second-order valence-corrected chi connectivity index (χ2v) is 6.40. The standard InChI is InChI=1S/C21H18FN3O2/c1-14-9-21(26)25(17-5-7-18(8-6-17)27-13-22)12-19(14)15-3-4-16-11-24(2)23-20(16)10-15/h3-12H,13H2,1-2H3. The number of fused-ring (bicyclic) bond motifs is 1. The van der Waals surface area contributed by atoms with Crippen LogP contribution in [0, 0.1) is 6.92 Å². The summed E-state index contributed by atoms with van der Waals surface area (Å²) in [4.78, 5) is 12.5. The van der Waals surface area contributed by atoms with Gasteiger partial charge in [-0.3, -0.25) is 14.0 Å². The van der Waals surface area contributed by atoms with Gasteiger partial charge in [-0.2, -0.15) is 5.10 Å². The topological polar surface area (TPSA) is 49.0 Å². The molecule has 0 N–H and O–H groups in total. The van der Waals surface area contributed by atoms with Crippen molar-refractivity contribution in [3.05, 3.63) is 76.8 Å². The highest BCUT2D eigenvalue weighted by atomic mass is 19.1. The van der Waals surface area contributed by atoms with E-state index in [1.54, 1.807) is 39.6 Å². The van der Waals surface area contributed by atoms with Crippen LogP contribution in [0.25, 0.3) is 27.7 Å². The molecule has 2 heterocycles. The van der Waals surface area contributed by atoms with Gasteiger partial charge in [-0.1, -0.05) is 12.1 Å². The molecular formula is C21H18FN3O2. The first-order valence-corrected chi connectivity index (χ1v) is 8.51. The van der Waals surface area contributed by atoms with Gasteiger partial charge in [0.1, 0.15) is 5.75 Å². The predicted molar refractivity (Wildman–Crippen MR) is 103 cm³/mol. The summed E-state index contributed by atoms with van der Waals surface area (Å²) in [6, 6.07) is 14.4. The lowest BCUT2D eigenvalue weighted by molar-refractivity contribution is 0.192. The molecule has 2 aromatic carbocycles. The molecule has 6 heteroatoms. The molecule has 136 valence electrons. The van der Waals surface area contributed by atoms with E-state index in [9.17, 15) is 9.18 Å². The van der Waals surface area contributed by atoms with Gasteiger partial charge in [0.15, 0.2) is 0 Å². The van der Waals surface area contributed by atoms with Gasteiger partial charge in [0, 0.05) is 42.1 Å². The minimum atomic E-state index is -0.885. The number of hydrogen-bond acceptors (Lipinski definition) is 3. The summed E-state index contributed by atoms with van der Waals surface area (Å²) in [5.41, 5.74) is 4.29. The number of halogens is 1. The Labute approximate surface area is 155 Å². The van der Waals surface area contributed by atoms with Gasteiger partial charge in [-0.25, -0.2) is 4.39 Å². The molecule has 0 atom stereocenters. The number of rotatable bonds is 4. The number of hydrogen-bond donors (Lipinski definition) is 0. The zero-order valence-electron chi connectivity index (χ0n) is 15.0. The van der Waals surface area contributed by atoms with E-state index in [1.165, 1.54) is 0 Å². The van der Waals surface area contributed by atoms with E-state index in [-0.39, 0.29) is 5.56 Å². The minimum Gasteiger partial charge on any atom is -0.463 e. The third kappa shape index (κ3) is 3.21. The van der Waals surface area contributed by atoms with Crippen LogP contribution in [0.1, 0.15) is 5.56 Å². The van der Waals surface area contributed by atoms with Gasteiger partial charge in [0.05, 0.1) is 5.52 Å². The highest BCUT2D eigenvalue weighted by Crippen LogP contribution is 2.26. The van der Waals surface area contributed by atoms with Crippen molar-refractivity contribution >= 4 is 10.9 Å². The van der Waals surface area contributed by atoms with E-state index in [4.69, 9.17) is 4.74 Å². The Kier molecular flexibility index (Phi) is 4.24. The van der Waals surface area contributed by atoms with Crippen LogP contribution in [0.3, 0.4) is 0 Å². The number of benzene rings is 2. The third-order valence-corrected chi connectivity index (χ3v) is 4.53. The lowest BCUT2D eigenvalue weighted by Gasteiger charge is -2.12. The van der Waals surface area contributed by atoms with Crippen molar-refractivity contribution in [3.8, 4) is 22.6 Å². The number of aromatic nitrogens is 3. The first-order valence-electron chi connectivity index (χ1n) is 8.51. The zero-order valence-corrected chi connectivity index (χ0v) is 15.0. The summed E-state index contributed by atoms with van der Waals surface area (Å²) in [6.45, 7) is 1.03. The van der Waals surface area contributed by atoms with E-state index in [0.717, 1.165) is 27.6 Å². The van der Waals surface area contributed by atoms with Crippen molar-refractivity contribution in [2.75, 3.05) is 6.86 Å². The molecule has 5 nitrogen and oxygen atoms in total. The van der Waals surface area contributed by atoms with Crippen LogP contribution >= 0.6 is 0 Å². The summed E-state index contributed by atoms with van der Waals surface area (Å²) >= 11 is 0. The summed E-state index contributed by atoms with van der Waals surface area (Å²) in [5, 5.41) is 5.52. The van der Waals surface area contributed by atoms with Gasteiger partial charge < -0.3 is 4.74 Å². The molecule has 0 radical (unpaired) electrons. The molecule has 0 aliphatic heterocycles. The van der Waals surface area contributed by atoms with E-state index < -0.39 is 6.86 Å². The minimum absolute atomic E-state index is 0.130. The van der Waals surface area contributed by atoms with Crippen molar-refractivity contribution < 1.29 is 9.13 Å². The van der Waals surface area contributed by atoms with Crippen molar-refractivity contribution in [2.24, 2.45) is 7.05 Å². The van der Waals surface area contributed by atoms with Gasteiger partial charge in [0.2, 0.25) is 6.86 Å². The maximum atomic E-state index is 12.5. The number of aryl methyl sites for hydroxylation is 2. The van der Waals surface area contributed by atoms with Gasteiger partial charge in [-0.15, -0.1) is 0 Å². The molecule has 0 spiro atoms. The Morgan fingerprint density at radius 1 is 1.07 bits per heavy atom. The number of ether oxygens (including phenoxy) is 1. The van der Waals surface area contributed by atoms with E-state index >= 15 is 0 Å². The van der Waals surface area contributed by atoms with Crippen LogP contribution in [0.5, 0.6) is 5.75 Å². The van der Waals surface area contributed by atoms with Crippen LogP contribution in [-0.2, 0) is 7.05 Å². The quantitative estimate of drug-likeness (QED) is 0.551. The highest BCUT2D eigenvalue weighted by molar-refractivity contribution is 5.84. The van der Waals surface area contributed by atoms with Gasteiger partial charge in [-0.05, 0) is 48.4 Å². The summed E-state index contributed by atoms with van der Waals surface area (Å²) in [5.74, 6) is 0.419. The fraction of sp³-hybridized carbons (Fsp3) is 0.143. The van der Waals surface area contributed by atoms with Crippen LogP contribution < -0.4 is 10.3 Å². The van der Waals surface area contributed by atoms with Crippen LogP contribution in [0.2, 0.25) is 0 Å². The maximum absolute atomic E-state index is 12.5. The molecule has 27 heavy (non-hydrogen) atoms. The highest BCUT2D eigenvalue weighted by Gasteiger charge is 2.10. The first-order chi connectivity index (χ1) is 13.0. The number of pyridine rings is 1. The normalized spacial score (nSPS) is 11.1. The second-order valence-electron chi connectivity index (χ2n) is 6.40. The Bertz CT molecular complexity index is 1180. The van der Waals surface area contributed by atoms with E-state index in [1.807, 2.05) is 44.6 Å². The van der Waals surface area contributed by atoms with Crippen molar-refractivity contribution in [2.45, 2.75) is 6.92 Å². The van der Waals surface area contributed by atoms with E-state index in [0.29, 0.717) is 11.4 Å². The van der Waals surface area contributed by atoms with Crippen molar-refractivity contribution in [3.63, 3.8) is 0 Å². The van der Waals surface area contributed by atoms with E-state index in [2.05, 4.69) is 5.10 Å². The average molecular weight is 363 g/mol. The smallest absolute Gasteiger partial charge is 0.255 e. The molecule has 0 aliphatic carbocycles. The molecule has 0 amide bonds. The molecule has 0 bridgehead atoms. The summed E-state index contributed by atoms with van der Waals surface area (Å²) in [6.07, 6.45) is 3.79. The van der Waals surface area contributed by atoms with Crippen LogP contribution in [0.4, 0.5) is 4.39 Å². The predicted octanol–water partition coefficient (Wildman–Crippen LogP) is 4.01. The third-order valence-electron chi connectivity index (χ3n) is 4.53. The van der Waals surface area contributed by atoms with Gasteiger partial charge in [0.25, 0.3) is 5.56 Å². The van der Waals surface area contributed by atoms with Crippen LogP contribution in [-0.4, -0.2) is 21.2 Å². The number of alkyl halides is 1. The molecule has 4 rings (SSSR count). The zero-order chi connectivity index (χ0) is 19.0. The molecule has 0 unspecified atom stereocenters. The Balaban J connectivity index is 1.81. The molecular weight excluding hydrogens is 345 g/mol. The average Bonchev–Trinajstić information content (AvgIpc) is 3.02. The monoisotopic (exact) mass is 363 g/mol. The fourth-order valence-corrected chi connectivity index (χ4v) is 3.20. The molecule has 0 fully saturated rings.